The number of hydrogen-bond donors (Lipinski definition) is 0. The molecule has 144 valence electrons. The van der Waals surface area contributed by atoms with Crippen LogP contribution in [0.4, 0.5) is 0 Å². The Bertz CT molecular complexity index is 1150. The van der Waals surface area contributed by atoms with Crippen molar-refractivity contribution in [1.82, 2.24) is 0 Å². The highest BCUT2D eigenvalue weighted by Gasteiger charge is 2.13. The lowest BCUT2D eigenvalue weighted by Gasteiger charge is -2.06. The van der Waals surface area contributed by atoms with Gasteiger partial charge in [0.05, 0.1) is 6.26 Å². The summed E-state index contributed by atoms with van der Waals surface area (Å²) in [6.45, 7) is 4.35. The second kappa shape index (κ2) is 8.05. The molecule has 2 heterocycles. The molecule has 0 unspecified atom stereocenters. The number of rotatable bonds is 7. The van der Waals surface area contributed by atoms with E-state index in [1.165, 1.54) is 24.8 Å². The predicted molar refractivity (Wildman–Crippen MR) is 115 cm³/mol. The molecule has 0 aliphatic heterocycles. The van der Waals surface area contributed by atoms with Crippen LogP contribution in [0.2, 0.25) is 0 Å². The lowest BCUT2D eigenvalue weighted by molar-refractivity contribution is 0.557. The van der Waals surface area contributed by atoms with E-state index >= 15 is 0 Å². The molecule has 0 aliphatic carbocycles. The Morgan fingerprint density at radius 2 is 1.64 bits per heavy atom. The van der Waals surface area contributed by atoms with Gasteiger partial charge < -0.3 is 8.83 Å². The zero-order chi connectivity index (χ0) is 19.5. The van der Waals surface area contributed by atoms with Crippen molar-refractivity contribution in [2.45, 2.75) is 52.4 Å². The van der Waals surface area contributed by atoms with Gasteiger partial charge in [0.25, 0.3) is 0 Å². The van der Waals surface area contributed by atoms with Crippen LogP contribution in [0.25, 0.3) is 33.1 Å². The van der Waals surface area contributed by atoms with Crippen molar-refractivity contribution in [3.63, 3.8) is 0 Å². The minimum Gasteiger partial charge on any atom is -0.464 e. The van der Waals surface area contributed by atoms with Crippen molar-refractivity contribution in [2.75, 3.05) is 0 Å². The van der Waals surface area contributed by atoms with E-state index in [0.717, 1.165) is 52.3 Å². The van der Waals surface area contributed by atoms with E-state index in [9.17, 15) is 4.79 Å². The molecule has 0 amide bonds. The predicted octanol–water partition coefficient (Wildman–Crippen LogP) is 6.89. The molecule has 0 saturated carbocycles. The van der Waals surface area contributed by atoms with E-state index in [4.69, 9.17) is 8.83 Å². The quantitative estimate of drug-likeness (QED) is 0.261. The van der Waals surface area contributed by atoms with Gasteiger partial charge in [0.15, 0.2) is 0 Å². The SMILES string of the molecule is CCCCCc1ccc(-c2coc3cc4oc(=O)cc(CCC)c4cc23)cc1. The van der Waals surface area contributed by atoms with Crippen molar-refractivity contribution in [3.8, 4) is 11.1 Å². The van der Waals surface area contributed by atoms with E-state index in [2.05, 4.69) is 44.2 Å². The molecule has 0 aliphatic rings. The van der Waals surface area contributed by atoms with Gasteiger partial charge in [0, 0.05) is 28.5 Å². The Hall–Kier alpha value is -2.81. The maximum Gasteiger partial charge on any atom is 0.336 e. The van der Waals surface area contributed by atoms with Gasteiger partial charge in [0.2, 0.25) is 0 Å². The van der Waals surface area contributed by atoms with Crippen molar-refractivity contribution >= 4 is 21.9 Å². The summed E-state index contributed by atoms with van der Waals surface area (Å²) in [6, 6.07) is 14.3. The van der Waals surface area contributed by atoms with Crippen LogP contribution in [0.3, 0.4) is 0 Å². The van der Waals surface area contributed by atoms with Crippen LogP contribution in [0.15, 0.2) is 62.4 Å². The van der Waals surface area contributed by atoms with Crippen LogP contribution in [0.5, 0.6) is 0 Å². The van der Waals surface area contributed by atoms with Gasteiger partial charge in [-0.3, -0.25) is 0 Å². The molecule has 3 heteroatoms. The second-order valence-corrected chi connectivity index (χ2v) is 7.49. The Morgan fingerprint density at radius 1 is 0.821 bits per heavy atom. The molecule has 3 nitrogen and oxygen atoms in total. The third kappa shape index (κ3) is 3.62. The summed E-state index contributed by atoms with van der Waals surface area (Å²) in [7, 11) is 0. The molecule has 4 aromatic rings. The van der Waals surface area contributed by atoms with Crippen LogP contribution in [-0.2, 0) is 12.8 Å². The van der Waals surface area contributed by atoms with Gasteiger partial charge >= 0.3 is 5.63 Å². The van der Waals surface area contributed by atoms with E-state index < -0.39 is 0 Å². The average molecular weight is 374 g/mol. The van der Waals surface area contributed by atoms with Crippen molar-refractivity contribution in [2.24, 2.45) is 0 Å². The normalized spacial score (nSPS) is 11.5. The molecule has 0 saturated heterocycles. The minimum atomic E-state index is -0.305. The molecule has 0 radical (unpaired) electrons. The summed E-state index contributed by atoms with van der Waals surface area (Å²) in [5, 5.41) is 2.05. The molecule has 2 aromatic carbocycles. The minimum absolute atomic E-state index is 0.305. The first-order valence-electron chi connectivity index (χ1n) is 10.3. The maximum absolute atomic E-state index is 11.9. The van der Waals surface area contributed by atoms with Gasteiger partial charge in [-0.05, 0) is 42.0 Å². The molecule has 0 N–H and O–H groups in total. The first-order valence-corrected chi connectivity index (χ1v) is 10.3. The highest BCUT2D eigenvalue weighted by atomic mass is 16.4. The number of benzene rings is 2. The lowest BCUT2D eigenvalue weighted by Crippen LogP contribution is -2.00. The fraction of sp³-hybridized carbons (Fsp3) is 0.320. The first kappa shape index (κ1) is 18.5. The molecular formula is C25H26O3. The topological polar surface area (TPSA) is 43.4 Å². The van der Waals surface area contributed by atoms with Gasteiger partial charge in [-0.1, -0.05) is 57.4 Å². The molecule has 0 spiro atoms. The molecule has 4 rings (SSSR count). The molecule has 28 heavy (non-hydrogen) atoms. The number of fused-ring (bicyclic) bond motifs is 2. The zero-order valence-corrected chi connectivity index (χ0v) is 16.6. The Morgan fingerprint density at radius 3 is 2.39 bits per heavy atom. The standard InChI is InChI=1S/C25H26O3/c1-3-5-6-8-17-9-11-18(12-10-17)22-16-27-23-15-24-20(14-21(22)23)19(7-4-2)13-25(26)28-24/h9-16H,3-8H2,1-2H3. The summed E-state index contributed by atoms with van der Waals surface area (Å²) in [5.41, 5.74) is 5.66. The van der Waals surface area contributed by atoms with Crippen LogP contribution in [0, 0.1) is 0 Å². The largest absolute Gasteiger partial charge is 0.464 e. The Labute approximate surface area is 165 Å². The summed E-state index contributed by atoms with van der Waals surface area (Å²) < 4.78 is 11.2. The number of unbranched alkanes of at least 4 members (excludes halogenated alkanes) is 2. The van der Waals surface area contributed by atoms with Crippen LogP contribution < -0.4 is 5.63 Å². The average Bonchev–Trinajstić information content (AvgIpc) is 3.10. The lowest BCUT2D eigenvalue weighted by atomic mass is 9.99. The van der Waals surface area contributed by atoms with E-state index in [1.54, 1.807) is 12.3 Å². The smallest absolute Gasteiger partial charge is 0.336 e. The number of furan rings is 1. The summed E-state index contributed by atoms with van der Waals surface area (Å²) in [6.07, 6.45) is 8.52. The second-order valence-electron chi connectivity index (χ2n) is 7.49. The highest BCUT2D eigenvalue weighted by Crippen LogP contribution is 2.34. The Kier molecular flexibility index (Phi) is 5.34. The fourth-order valence-electron chi connectivity index (χ4n) is 3.88. The molecule has 0 fully saturated rings. The van der Waals surface area contributed by atoms with Crippen LogP contribution in [0.1, 0.15) is 50.7 Å². The Balaban J connectivity index is 1.75. The summed E-state index contributed by atoms with van der Waals surface area (Å²) in [5.74, 6) is 0. The monoisotopic (exact) mass is 374 g/mol. The molecular weight excluding hydrogens is 348 g/mol. The molecule has 0 atom stereocenters. The summed E-state index contributed by atoms with van der Waals surface area (Å²) >= 11 is 0. The van der Waals surface area contributed by atoms with Crippen molar-refractivity contribution in [3.05, 3.63) is 70.3 Å². The summed E-state index contributed by atoms with van der Waals surface area (Å²) in [4.78, 5) is 11.9. The van der Waals surface area contributed by atoms with Crippen LogP contribution in [-0.4, -0.2) is 0 Å². The molecule has 2 aromatic heterocycles. The molecule has 0 bridgehead atoms. The maximum atomic E-state index is 11.9. The van der Waals surface area contributed by atoms with Crippen molar-refractivity contribution < 1.29 is 8.83 Å². The van der Waals surface area contributed by atoms with E-state index in [1.807, 2.05) is 6.07 Å². The van der Waals surface area contributed by atoms with Crippen molar-refractivity contribution in [1.29, 1.82) is 0 Å². The van der Waals surface area contributed by atoms with Gasteiger partial charge in [-0.25, -0.2) is 4.79 Å². The zero-order valence-electron chi connectivity index (χ0n) is 16.6. The first-order chi connectivity index (χ1) is 13.7. The third-order valence-electron chi connectivity index (χ3n) is 5.38. The van der Waals surface area contributed by atoms with Gasteiger partial charge in [-0.2, -0.15) is 0 Å². The van der Waals surface area contributed by atoms with Gasteiger partial charge in [-0.15, -0.1) is 0 Å². The van der Waals surface area contributed by atoms with Gasteiger partial charge in [0.1, 0.15) is 11.2 Å². The van der Waals surface area contributed by atoms with E-state index in [0.29, 0.717) is 5.58 Å². The fourth-order valence-corrected chi connectivity index (χ4v) is 3.88. The third-order valence-corrected chi connectivity index (χ3v) is 5.38. The highest BCUT2D eigenvalue weighted by molar-refractivity contribution is 6.02. The number of hydrogen-bond acceptors (Lipinski definition) is 3. The number of aryl methyl sites for hydroxylation is 2. The van der Waals surface area contributed by atoms with Crippen LogP contribution >= 0.6 is 0 Å². The van der Waals surface area contributed by atoms with E-state index in [-0.39, 0.29) is 5.63 Å².